The summed E-state index contributed by atoms with van der Waals surface area (Å²) in [5.41, 5.74) is 6.53. The summed E-state index contributed by atoms with van der Waals surface area (Å²) in [5, 5.41) is 1.01. The fourth-order valence-corrected chi connectivity index (χ4v) is 1.61. The first-order valence-corrected chi connectivity index (χ1v) is 4.90. The Kier molecular flexibility index (Phi) is 2.29. The molecule has 0 saturated heterocycles. The lowest BCUT2D eigenvalue weighted by Crippen LogP contribution is -1.92. The first kappa shape index (κ1) is 9.27. The van der Waals surface area contributed by atoms with Gasteiger partial charge in [-0.2, -0.15) is 0 Å². The van der Waals surface area contributed by atoms with Gasteiger partial charge in [0.05, 0.1) is 17.1 Å². The third-order valence-corrected chi connectivity index (χ3v) is 2.64. The van der Waals surface area contributed by atoms with Gasteiger partial charge in [0.15, 0.2) is 0 Å². The van der Waals surface area contributed by atoms with E-state index in [-0.39, 0.29) is 0 Å². The van der Waals surface area contributed by atoms with E-state index in [9.17, 15) is 0 Å². The van der Waals surface area contributed by atoms with Crippen LogP contribution in [0.1, 0.15) is 0 Å². The summed E-state index contributed by atoms with van der Waals surface area (Å²) in [6.45, 7) is 0. The molecular weight excluding hydrogens is 244 g/mol. The number of aromatic nitrogens is 1. The fraction of sp³-hybridized carbons (Fsp3) is 0.100. The van der Waals surface area contributed by atoms with Crippen LogP contribution >= 0.6 is 15.9 Å². The molecule has 0 aliphatic heterocycles. The second kappa shape index (κ2) is 3.46. The van der Waals surface area contributed by atoms with E-state index in [0.717, 1.165) is 21.1 Å². The lowest BCUT2D eigenvalue weighted by Gasteiger charge is -2.03. The zero-order chi connectivity index (χ0) is 10.1. The van der Waals surface area contributed by atoms with Crippen molar-refractivity contribution in [2.75, 3.05) is 12.8 Å². The molecule has 0 radical (unpaired) electrons. The van der Waals surface area contributed by atoms with Crippen LogP contribution in [0, 0.1) is 0 Å². The number of methoxy groups -OCH3 is 1. The third-order valence-electron chi connectivity index (χ3n) is 2.00. The summed E-state index contributed by atoms with van der Waals surface area (Å²) in [7, 11) is 1.64. The fourth-order valence-electron chi connectivity index (χ4n) is 1.27. The molecule has 1 aromatic heterocycles. The Morgan fingerprint density at radius 1 is 1.36 bits per heavy atom. The molecule has 2 aromatic rings. The molecule has 4 heteroatoms. The lowest BCUT2D eigenvalue weighted by atomic mass is 10.2. The van der Waals surface area contributed by atoms with Crippen molar-refractivity contribution >= 4 is 32.7 Å². The van der Waals surface area contributed by atoms with Gasteiger partial charge in [0.2, 0.25) is 0 Å². The SMILES string of the molecule is COc1ccc2nc(N)c(Br)cc2c1. The molecule has 0 saturated carbocycles. The Balaban J connectivity index is 2.70. The summed E-state index contributed by atoms with van der Waals surface area (Å²) in [6, 6.07) is 7.60. The molecule has 3 nitrogen and oxygen atoms in total. The van der Waals surface area contributed by atoms with Gasteiger partial charge < -0.3 is 10.5 Å². The molecule has 0 aliphatic carbocycles. The Morgan fingerprint density at radius 3 is 2.86 bits per heavy atom. The minimum absolute atomic E-state index is 0.502. The highest BCUT2D eigenvalue weighted by molar-refractivity contribution is 9.10. The molecule has 72 valence electrons. The maximum absolute atomic E-state index is 5.67. The molecule has 0 unspecified atom stereocenters. The van der Waals surface area contributed by atoms with E-state index in [1.54, 1.807) is 7.11 Å². The predicted molar refractivity (Wildman–Crippen MR) is 60.4 cm³/mol. The first-order valence-electron chi connectivity index (χ1n) is 4.10. The molecule has 2 N–H and O–H groups in total. The van der Waals surface area contributed by atoms with Crippen molar-refractivity contribution in [2.45, 2.75) is 0 Å². The maximum atomic E-state index is 5.67. The molecule has 0 fully saturated rings. The van der Waals surface area contributed by atoms with Crippen LogP contribution in [0.25, 0.3) is 10.9 Å². The van der Waals surface area contributed by atoms with Crippen molar-refractivity contribution in [3.05, 3.63) is 28.7 Å². The van der Waals surface area contributed by atoms with Crippen molar-refractivity contribution in [1.29, 1.82) is 0 Å². The number of benzene rings is 1. The molecule has 0 aliphatic rings. The molecule has 14 heavy (non-hydrogen) atoms. The van der Waals surface area contributed by atoms with E-state index in [1.165, 1.54) is 0 Å². The Labute approximate surface area is 90.0 Å². The standard InChI is InChI=1S/C10H9BrN2O/c1-14-7-2-3-9-6(4-7)5-8(11)10(12)13-9/h2-5H,1H3,(H2,12,13). The van der Waals surface area contributed by atoms with Crippen LogP contribution in [-0.4, -0.2) is 12.1 Å². The summed E-state index contributed by atoms with van der Waals surface area (Å²) in [6.07, 6.45) is 0. The number of pyridine rings is 1. The van der Waals surface area contributed by atoms with Crippen LogP contribution < -0.4 is 10.5 Å². The molecule has 0 amide bonds. The number of rotatable bonds is 1. The Morgan fingerprint density at radius 2 is 2.14 bits per heavy atom. The molecule has 1 heterocycles. The molecule has 0 bridgehead atoms. The van der Waals surface area contributed by atoms with Crippen molar-refractivity contribution in [3.8, 4) is 5.75 Å². The average Bonchev–Trinajstić information content (AvgIpc) is 2.19. The van der Waals surface area contributed by atoms with Crippen LogP contribution in [0.2, 0.25) is 0 Å². The lowest BCUT2D eigenvalue weighted by molar-refractivity contribution is 0.415. The van der Waals surface area contributed by atoms with Gasteiger partial charge in [-0.3, -0.25) is 0 Å². The molecule has 0 spiro atoms. The van der Waals surface area contributed by atoms with Gasteiger partial charge in [0.25, 0.3) is 0 Å². The van der Waals surface area contributed by atoms with Gasteiger partial charge in [-0.1, -0.05) is 0 Å². The number of anilines is 1. The van der Waals surface area contributed by atoms with Gasteiger partial charge in [-0.25, -0.2) is 4.98 Å². The van der Waals surface area contributed by atoms with E-state index in [4.69, 9.17) is 10.5 Å². The summed E-state index contributed by atoms with van der Waals surface area (Å²) in [5.74, 6) is 1.32. The second-order valence-corrected chi connectivity index (χ2v) is 3.77. The first-order chi connectivity index (χ1) is 6.70. The smallest absolute Gasteiger partial charge is 0.138 e. The summed E-state index contributed by atoms with van der Waals surface area (Å²) in [4.78, 5) is 4.23. The van der Waals surface area contributed by atoms with Crippen LogP contribution in [-0.2, 0) is 0 Å². The van der Waals surface area contributed by atoms with E-state index in [1.807, 2.05) is 24.3 Å². The zero-order valence-electron chi connectivity index (χ0n) is 7.62. The number of fused-ring (bicyclic) bond motifs is 1. The van der Waals surface area contributed by atoms with Gasteiger partial charge >= 0.3 is 0 Å². The molecule has 0 atom stereocenters. The number of hydrogen-bond donors (Lipinski definition) is 1. The predicted octanol–water partition coefficient (Wildman–Crippen LogP) is 2.59. The quantitative estimate of drug-likeness (QED) is 0.849. The van der Waals surface area contributed by atoms with Crippen molar-refractivity contribution in [1.82, 2.24) is 4.98 Å². The van der Waals surface area contributed by atoms with Crippen LogP contribution in [0.4, 0.5) is 5.82 Å². The zero-order valence-corrected chi connectivity index (χ0v) is 9.21. The van der Waals surface area contributed by atoms with Crippen LogP contribution in [0.5, 0.6) is 5.75 Å². The average molecular weight is 253 g/mol. The highest BCUT2D eigenvalue weighted by atomic mass is 79.9. The summed E-state index contributed by atoms with van der Waals surface area (Å²) >= 11 is 3.33. The van der Waals surface area contributed by atoms with Gasteiger partial charge in [0, 0.05) is 5.39 Å². The van der Waals surface area contributed by atoms with E-state index >= 15 is 0 Å². The normalized spacial score (nSPS) is 10.4. The molecule has 2 rings (SSSR count). The number of nitrogens with zero attached hydrogens (tertiary/aromatic N) is 1. The molecular formula is C10H9BrN2O. The van der Waals surface area contributed by atoms with E-state index in [0.29, 0.717) is 5.82 Å². The number of ether oxygens (including phenoxy) is 1. The van der Waals surface area contributed by atoms with Gasteiger partial charge in [-0.15, -0.1) is 0 Å². The molecule has 1 aromatic carbocycles. The van der Waals surface area contributed by atoms with E-state index in [2.05, 4.69) is 20.9 Å². The van der Waals surface area contributed by atoms with Crippen LogP contribution in [0.3, 0.4) is 0 Å². The number of nitrogens with two attached hydrogens (primary N) is 1. The monoisotopic (exact) mass is 252 g/mol. The second-order valence-electron chi connectivity index (χ2n) is 2.91. The van der Waals surface area contributed by atoms with Gasteiger partial charge in [0.1, 0.15) is 11.6 Å². The highest BCUT2D eigenvalue weighted by Gasteiger charge is 2.02. The number of halogens is 1. The summed E-state index contributed by atoms with van der Waals surface area (Å²) < 4.78 is 5.92. The van der Waals surface area contributed by atoms with E-state index < -0.39 is 0 Å². The Bertz CT molecular complexity index is 485. The topological polar surface area (TPSA) is 48.1 Å². The van der Waals surface area contributed by atoms with Crippen molar-refractivity contribution in [2.24, 2.45) is 0 Å². The minimum Gasteiger partial charge on any atom is -0.497 e. The third kappa shape index (κ3) is 1.53. The highest BCUT2D eigenvalue weighted by Crippen LogP contribution is 2.25. The van der Waals surface area contributed by atoms with Crippen molar-refractivity contribution < 1.29 is 4.74 Å². The maximum Gasteiger partial charge on any atom is 0.138 e. The van der Waals surface area contributed by atoms with Gasteiger partial charge in [-0.05, 0) is 40.2 Å². The Hall–Kier alpha value is -1.29. The minimum atomic E-state index is 0.502. The van der Waals surface area contributed by atoms with Crippen molar-refractivity contribution in [3.63, 3.8) is 0 Å². The largest absolute Gasteiger partial charge is 0.497 e. The number of hydrogen-bond acceptors (Lipinski definition) is 3. The number of nitrogen functional groups attached to an aromatic ring is 1. The van der Waals surface area contributed by atoms with Crippen LogP contribution in [0.15, 0.2) is 28.7 Å².